The smallest absolute Gasteiger partial charge is 0.274 e. The Bertz CT molecular complexity index is 835. The summed E-state index contributed by atoms with van der Waals surface area (Å²) in [5.41, 5.74) is 3.84. The molecule has 6 heteroatoms. The zero-order valence-electron chi connectivity index (χ0n) is 11.2. The standard InChI is InChI=1S/C15H13BrN4O/c16-11-1-2-12-7-14(18-20(12)9-11)15(21)19-6-4-13-10(8-19)3-5-17-13/h1-3,5,7,9,17H,4,6,8H2. The van der Waals surface area contributed by atoms with E-state index in [1.165, 1.54) is 11.3 Å². The van der Waals surface area contributed by atoms with Crippen LogP contribution in [-0.2, 0) is 13.0 Å². The normalized spacial score (nSPS) is 14.4. The van der Waals surface area contributed by atoms with Crippen LogP contribution < -0.4 is 0 Å². The molecular formula is C15H13BrN4O. The summed E-state index contributed by atoms with van der Waals surface area (Å²) in [6.45, 7) is 1.37. The van der Waals surface area contributed by atoms with E-state index in [1.807, 2.05) is 41.6 Å². The first-order valence-electron chi connectivity index (χ1n) is 6.80. The van der Waals surface area contributed by atoms with Gasteiger partial charge in [-0.25, -0.2) is 4.52 Å². The van der Waals surface area contributed by atoms with Crippen LogP contribution in [0, 0.1) is 0 Å². The van der Waals surface area contributed by atoms with Crippen LogP contribution in [0.3, 0.4) is 0 Å². The lowest BCUT2D eigenvalue weighted by Crippen LogP contribution is -2.35. The van der Waals surface area contributed by atoms with E-state index < -0.39 is 0 Å². The largest absolute Gasteiger partial charge is 0.365 e. The maximum atomic E-state index is 12.6. The molecule has 3 aromatic heterocycles. The lowest BCUT2D eigenvalue weighted by atomic mass is 10.1. The first kappa shape index (κ1) is 12.6. The minimum atomic E-state index is -0.0123. The molecule has 0 saturated carbocycles. The highest BCUT2D eigenvalue weighted by atomic mass is 79.9. The number of carbonyl (C=O) groups is 1. The second-order valence-electron chi connectivity index (χ2n) is 5.20. The van der Waals surface area contributed by atoms with Crippen molar-refractivity contribution < 1.29 is 4.79 Å². The lowest BCUT2D eigenvalue weighted by Gasteiger charge is -2.26. The molecule has 1 N–H and O–H groups in total. The van der Waals surface area contributed by atoms with Crippen LogP contribution in [0.25, 0.3) is 5.52 Å². The monoisotopic (exact) mass is 344 g/mol. The Hall–Kier alpha value is -2.08. The molecule has 21 heavy (non-hydrogen) atoms. The van der Waals surface area contributed by atoms with Gasteiger partial charge in [-0.05, 0) is 45.8 Å². The Kier molecular flexibility index (Phi) is 2.85. The summed E-state index contributed by atoms with van der Waals surface area (Å²) < 4.78 is 2.66. The highest BCUT2D eigenvalue weighted by Gasteiger charge is 2.24. The van der Waals surface area contributed by atoms with Gasteiger partial charge in [0.15, 0.2) is 5.69 Å². The van der Waals surface area contributed by atoms with Gasteiger partial charge in [-0.2, -0.15) is 5.10 Å². The molecule has 0 aliphatic carbocycles. The van der Waals surface area contributed by atoms with Crippen molar-refractivity contribution >= 4 is 27.4 Å². The van der Waals surface area contributed by atoms with Gasteiger partial charge in [0.05, 0.1) is 5.52 Å². The van der Waals surface area contributed by atoms with Gasteiger partial charge in [-0.15, -0.1) is 0 Å². The van der Waals surface area contributed by atoms with Crippen molar-refractivity contribution in [2.24, 2.45) is 0 Å². The molecule has 4 heterocycles. The third-order valence-corrected chi connectivity index (χ3v) is 4.32. The quantitative estimate of drug-likeness (QED) is 0.737. The third kappa shape index (κ3) is 2.15. The number of pyridine rings is 1. The van der Waals surface area contributed by atoms with Gasteiger partial charge in [-0.1, -0.05) is 0 Å². The van der Waals surface area contributed by atoms with Gasteiger partial charge >= 0.3 is 0 Å². The lowest BCUT2D eigenvalue weighted by molar-refractivity contribution is 0.0728. The van der Waals surface area contributed by atoms with E-state index in [9.17, 15) is 4.79 Å². The Morgan fingerprint density at radius 1 is 1.33 bits per heavy atom. The zero-order chi connectivity index (χ0) is 14.4. The van der Waals surface area contributed by atoms with E-state index in [0.717, 1.165) is 23.0 Å². The average molecular weight is 345 g/mol. The van der Waals surface area contributed by atoms with Gasteiger partial charge < -0.3 is 9.88 Å². The molecule has 0 atom stereocenters. The second-order valence-corrected chi connectivity index (χ2v) is 6.12. The minimum Gasteiger partial charge on any atom is -0.365 e. The molecule has 3 aromatic rings. The van der Waals surface area contributed by atoms with Crippen molar-refractivity contribution in [3.05, 3.63) is 58.1 Å². The van der Waals surface area contributed by atoms with Crippen LogP contribution in [0.5, 0.6) is 0 Å². The highest BCUT2D eigenvalue weighted by Crippen LogP contribution is 2.20. The molecule has 0 unspecified atom stereocenters. The number of fused-ring (bicyclic) bond motifs is 2. The zero-order valence-corrected chi connectivity index (χ0v) is 12.8. The van der Waals surface area contributed by atoms with Gasteiger partial charge in [0.2, 0.25) is 0 Å². The number of aromatic nitrogens is 3. The van der Waals surface area contributed by atoms with Crippen LogP contribution >= 0.6 is 15.9 Å². The fourth-order valence-electron chi connectivity index (χ4n) is 2.75. The number of halogens is 1. The van der Waals surface area contributed by atoms with Crippen molar-refractivity contribution in [1.82, 2.24) is 19.5 Å². The predicted octanol–water partition coefficient (Wildman–Crippen LogP) is 2.62. The van der Waals surface area contributed by atoms with Gasteiger partial charge in [0.25, 0.3) is 5.91 Å². The fourth-order valence-corrected chi connectivity index (χ4v) is 3.08. The summed E-state index contributed by atoms with van der Waals surface area (Å²) in [6.07, 6.45) is 4.65. The summed E-state index contributed by atoms with van der Waals surface area (Å²) in [6, 6.07) is 7.75. The van der Waals surface area contributed by atoms with E-state index in [-0.39, 0.29) is 5.91 Å². The molecule has 5 nitrogen and oxygen atoms in total. The fraction of sp³-hybridized carbons (Fsp3) is 0.200. The van der Waals surface area contributed by atoms with E-state index in [0.29, 0.717) is 12.2 Å². The molecule has 1 aliphatic rings. The van der Waals surface area contributed by atoms with Crippen molar-refractivity contribution in [2.75, 3.05) is 6.54 Å². The van der Waals surface area contributed by atoms with Crippen molar-refractivity contribution in [3.63, 3.8) is 0 Å². The molecule has 1 aliphatic heterocycles. The summed E-state index contributed by atoms with van der Waals surface area (Å²) in [4.78, 5) is 17.7. The topological polar surface area (TPSA) is 53.4 Å². The molecular weight excluding hydrogens is 332 g/mol. The summed E-state index contributed by atoms with van der Waals surface area (Å²) >= 11 is 3.41. The van der Waals surface area contributed by atoms with Gasteiger partial charge in [0.1, 0.15) is 0 Å². The van der Waals surface area contributed by atoms with Gasteiger partial charge in [-0.3, -0.25) is 4.79 Å². The molecule has 0 saturated heterocycles. The van der Waals surface area contributed by atoms with Crippen LogP contribution in [0.15, 0.2) is 41.1 Å². The average Bonchev–Trinajstić information content (AvgIpc) is 3.11. The number of nitrogens with one attached hydrogen (secondary N) is 1. The number of aromatic amines is 1. The first-order chi connectivity index (χ1) is 10.2. The Labute approximate surface area is 129 Å². The Morgan fingerprint density at radius 2 is 2.24 bits per heavy atom. The molecule has 0 fully saturated rings. The summed E-state index contributed by atoms with van der Waals surface area (Å²) in [5.74, 6) is -0.0123. The Balaban J connectivity index is 1.64. The number of carbonyl (C=O) groups excluding carboxylic acids is 1. The second kappa shape index (κ2) is 4.73. The van der Waals surface area contributed by atoms with E-state index in [2.05, 4.69) is 26.0 Å². The van der Waals surface area contributed by atoms with Crippen LogP contribution in [-0.4, -0.2) is 31.9 Å². The van der Waals surface area contributed by atoms with E-state index in [4.69, 9.17) is 0 Å². The van der Waals surface area contributed by atoms with Crippen molar-refractivity contribution in [1.29, 1.82) is 0 Å². The number of nitrogens with zero attached hydrogens (tertiary/aromatic N) is 3. The highest BCUT2D eigenvalue weighted by molar-refractivity contribution is 9.10. The number of amides is 1. The molecule has 0 bridgehead atoms. The third-order valence-electron chi connectivity index (χ3n) is 3.85. The van der Waals surface area contributed by atoms with Gasteiger partial charge in [0, 0.05) is 42.1 Å². The van der Waals surface area contributed by atoms with Crippen LogP contribution in [0.2, 0.25) is 0 Å². The predicted molar refractivity (Wildman–Crippen MR) is 82.1 cm³/mol. The SMILES string of the molecule is O=C(c1cc2ccc(Br)cn2n1)N1CCc2[nH]ccc2C1. The molecule has 1 amide bonds. The molecule has 4 rings (SSSR count). The number of hydrogen-bond acceptors (Lipinski definition) is 2. The molecule has 0 spiro atoms. The summed E-state index contributed by atoms with van der Waals surface area (Å²) in [5, 5.41) is 4.38. The van der Waals surface area contributed by atoms with E-state index in [1.54, 1.807) is 4.52 Å². The summed E-state index contributed by atoms with van der Waals surface area (Å²) in [7, 11) is 0. The van der Waals surface area contributed by atoms with Crippen molar-refractivity contribution in [2.45, 2.75) is 13.0 Å². The maximum Gasteiger partial charge on any atom is 0.274 e. The maximum absolute atomic E-state index is 12.6. The van der Waals surface area contributed by atoms with Crippen LogP contribution in [0.1, 0.15) is 21.7 Å². The van der Waals surface area contributed by atoms with E-state index >= 15 is 0 Å². The minimum absolute atomic E-state index is 0.0123. The number of rotatable bonds is 1. The Morgan fingerprint density at radius 3 is 3.14 bits per heavy atom. The molecule has 0 radical (unpaired) electrons. The molecule has 0 aromatic carbocycles. The van der Waals surface area contributed by atoms with Crippen LogP contribution in [0.4, 0.5) is 0 Å². The first-order valence-corrected chi connectivity index (χ1v) is 7.59. The molecule has 106 valence electrons. The number of hydrogen-bond donors (Lipinski definition) is 1. The van der Waals surface area contributed by atoms with Crippen molar-refractivity contribution in [3.8, 4) is 0 Å². The number of H-pyrrole nitrogens is 1.